The molecule has 1 aliphatic heterocycles. The van der Waals surface area contributed by atoms with Gasteiger partial charge in [-0.15, -0.1) is 0 Å². The molecular weight excluding hydrogens is 388 g/mol. The average Bonchev–Trinajstić information content (AvgIpc) is 2.85. The Morgan fingerprint density at radius 1 is 0.968 bits per heavy atom. The Kier molecular flexibility index (Phi) is 5.13. The van der Waals surface area contributed by atoms with Crippen LogP contribution in [0.15, 0.2) is 67.1 Å². The van der Waals surface area contributed by atoms with Crippen molar-refractivity contribution in [1.29, 1.82) is 5.26 Å². The summed E-state index contributed by atoms with van der Waals surface area (Å²) in [6, 6.07) is 18.3. The van der Waals surface area contributed by atoms with E-state index < -0.39 is 0 Å². The van der Waals surface area contributed by atoms with E-state index in [1.807, 2.05) is 36.4 Å². The summed E-state index contributed by atoms with van der Waals surface area (Å²) in [4.78, 5) is 15.4. The minimum atomic E-state index is 0.427. The molecule has 3 heterocycles. The van der Waals surface area contributed by atoms with Crippen molar-refractivity contribution in [3.8, 4) is 17.3 Å². The molecule has 1 aliphatic rings. The molecule has 0 amide bonds. The van der Waals surface area contributed by atoms with Crippen molar-refractivity contribution < 1.29 is 4.74 Å². The second kappa shape index (κ2) is 8.38. The van der Waals surface area contributed by atoms with Crippen LogP contribution in [0.25, 0.3) is 22.0 Å². The summed E-state index contributed by atoms with van der Waals surface area (Å²) >= 11 is 0. The van der Waals surface area contributed by atoms with Crippen molar-refractivity contribution in [2.75, 3.05) is 36.5 Å². The Hall–Kier alpha value is -4.02. The molecule has 4 aromatic rings. The fraction of sp³-hybridized carbons (Fsp3) is 0.167. The summed E-state index contributed by atoms with van der Waals surface area (Å²) in [6.45, 7) is 3.31. The number of pyridine rings is 1. The van der Waals surface area contributed by atoms with Crippen molar-refractivity contribution in [3.05, 3.63) is 72.7 Å². The molecule has 7 heteroatoms. The van der Waals surface area contributed by atoms with Crippen LogP contribution >= 0.6 is 0 Å². The number of hydrogen-bond donors (Lipinski definition) is 1. The predicted molar refractivity (Wildman–Crippen MR) is 120 cm³/mol. The van der Waals surface area contributed by atoms with Gasteiger partial charge >= 0.3 is 0 Å². The number of rotatable bonds is 4. The summed E-state index contributed by atoms with van der Waals surface area (Å²) in [5, 5.41) is 14.9. The third kappa shape index (κ3) is 4.02. The van der Waals surface area contributed by atoms with Crippen LogP contribution in [0.2, 0.25) is 0 Å². The zero-order valence-corrected chi connectivity index (χ0v) is 16.8. The molecule has 0 radical (unpaired) electrons. The van der Waals surface area contributed by atoms with Gasteiger partial charge in [0, 0.05) is 47.8 Å². The third-order valence-corrected chi connectivity index (χ3v) is 5.32. The minimum absolute atomic E-state index is 0.427. The summed E-state index contributed by atoms with van der Waals surface area (Å²) < 4.78 is 5.42. The van der Waals surface area contributed by atoms with Gasteiger partial charge in [-0.05, 0) is 41.8 Å². The molecule has 0 bridgehead atoms. The molecule has 31 heavy (non-hydrogen) atoms. The van der Waals surface area contributed by atoms with E-state index in [1.54, 1.807) is 18.6 Å². The number of fused-ring (bicyclic) bond motifs is 1. The lowest BCUT2D eigenvalue weighted by Crippen LogP contribution is -2.36. The Morgan fingerprint density at radius 3 is 2.61 bits per heavy atom. The summed E-state index contributed by atoms with van der Waals surface area (Å²) in [7, 11) is 0. The maximum absolute atomic E-state index is 9.55. The maximum Gasteiger partial charge on any atom is 0.227 e. The van der Waals surface area contributed by atoms with E-state index in [4.69, 9.17) is 4.74 Å². The van der Waals surface area contributed by atoms with Crippen LogP contribution in [-0.2, 0) is 4.74 Å². The van der Waals surface area contributed by atoms with Crippen LogP contribution in [-0.4, -0.2) is 41.3 Å². The van der Waals surface area contributed by atoms with E-state index in [1.165, 1.54) is 5.69 Å². The van der Waals surface area contributed by atoms with Gasteiger partial charge in [0.15, 0.2) is 0 Å². The Bertz CT molecular complexity index is 1260. The van der Waals surface area contributed by atoms with Crippen LogP contribution in [0.4, 0.5) is 17.3 Å². The van der Waals surface area contributed by atoms with E-state index in [-0.39, 0.29) is 0 Å². The molecule has 2 aromatic heterocycles. The number of anilines is 3. The number of aromatic nitrogens is 3. The molecule has 0 spiro atoms. The second-order valence-electron chi connectivity index (χ2n) is 7.28. The zero-order valence-electron chi connectivity index (χ0n) is 16.8. The first-order valence-electron chi connectivity index (χ1n) is 10.1. The van der Waals surface area contributed by atoms with Gasteiger partial charge in [-0.2, -0.15) is 5.26 Å². The fourth-order valence-electron chi connectivity index (χ4n) is 3.68. The molecule has 0 saturated carbocycles. The highest BCUT2D eigenvalue weighted by Crippen LogP contribution is 2.27. The van der Waals surface area contributed by atoms with E-state index in [0.717, 1.165) is 48.3 Å². The molecule has 152 valence electrons. The number of benzene rings is 2. The van der Waals surface area contributed by atoms with Crippen molar-refractivity contribution in [2.24, 2.45) is 0 Å². The normalized spacial score (nSPS) is 13.7. The first-order valence-corrected chi connectivity index (χ1v) is 10.1. The van der Waals surface area contributed by atoms with Gasteiger partial charge in [-0.3, -0.25) is 4.98 Å². The van der Waals surface area contributed by atoms with Crippen LogP contribution in [0, 0.1) is 11.3 Å². The van der Waals surface area contributed by atoms with Gasteiger partial charge in [0.2, 0.25) is 5.95 Å². The van der Waals surface area contributed by atoms with E-state index in [2.05, 4.69) is 43.4 Å². The van der Waals surface area contributed by atoms with Crippen molar-refractivity contribution >= 4 is 28.1 Å². The van der Waals surface area contributed by atoms with Crippen molar-refractivity contribution in [2.45, 2.75) is 0 Å². The van der Waals surface area contributed by atoms with Crippen LogP contribution < -0.4 is 10.2 Å². The smallest absolute Gasteiger partial charge is 0.227 e. The Balaban J connectivity index is 1.42. The lowest BCUT2D eigenvalue weighted by Gasteiger charge is -2.28. The molecular formula is C24H20N6O. The molecule has 5 rings (SSSR count). The molecule has 1 fully saturated rings. The largest absolute Gasteiger partial charge is 0.378 e. The first kappa shape index (κ1) is 19.0. The highest BCUT2D eigenvalue weighted by molar-refractivity contribution is 5.86. The lowest BCUT2D eigenvalue weighted by molar-refractivity contribution is 0.122. The van der Waals surface area contributed by atoms with Crippen LogP contribution in [0.1, 0.15) is 5.56 Å². The predicted octanol–water partition coefficient (Wildman–Crippen LogP) is 4.14. The van der Waals surface area contributed by atoms with Gasteiger partial charge in [-0.1, -0.05) is 12.1 Å². The van der Waals surface area contributed by atoms with Gasteiger partial charge < -0.3 is 15.0 Å². The molecule has 7 nitrogen and oxygen atoms in total. The van der Waals surface area contributed by atoms with E-state index in [0.29, 0.717) is 17.2 Å². The maximum atomic E-state index is 9.55. The average molecular weight is 408 g/mol. The van der Waals surface area contributed by atoms with E-state index in [9.17, 15) is 5.26 Å². The van der Waals surface area contributed by atoms with Crippen molar-refractivity contribution in [1.82, 2.24) is 15.0 Å². The van der Waals surface area contributed by atoms with Crippen molar-refractivity contribution in [3.63, 3.8) is 0 Å². The molecule has 0 aliphatic carbocycles. The number of hydrogen-bond acceptors (Lipinski definition) is 7. The number of nitrogens with zero attached hydrogens (tertiary/aromatic N) is 5. The van der Waals surface area contributed by atoms with Crippen LogP contribution in [0.3, 0.4) is 0 Å². The Morgan fingerprint density at radius 2 is 1.81 bits per heavy atom. The van der Waals surface area contributed by atoms with Gasteiger partial charge in [-0.25, -0.2) is 9.97 Å². The zero-order chi connectivity index (χ0) is 21.0. The molecule has 2 aromatic carbocycles. The monoisotopic (exact) mass is 408 g/mol. The third-order valence-electron chi connectivity index (χ3n) is 5.32. The highest BCUT2D eigenvalue weighted by atomic mass is 16.5. The second-order valence-corrected chi connectivity index (χ2v) is 7.28. The number of nitriles is 1. The number of nitrogens with one attached hydrogen (secondary N) is 1. The lowest BCUT2D eigenvalue weighted by atomic mass is 10.0. The van der Waals surface area contributed by atoms with Gasteiger partial charge in [0.1, 0.15) is 6.07 Å². The first-order chi connectivity index (χ1) is 15.3. The Labute approximate surface area is 180 Å². The quantitative estimate of drug-likeness (QED) is 0.543. The summed E-state index contributed by atoms with van der Waals surface area (Å²) in [5.74, 6) is 0.444. The van der Waals surface area contributed by atoms with Gasteiger partial charge in [0.25, 0.3) is 0 Å². The molecule has 1 N–H and O–H groups in total. The van der Waals surface area contributed by atoms with Crippen LogP contribution in [0.5, 0.6) is 0 Å². The SMILES string of the molecule is N#Cc1cnc(Nc2ccc(N3CCOCC3)cc2)nc1-c1ccc2ccncc2c1. The molecule has 0 unspecified atom stereocenters. The fourth-order valence-corrected chi connectivity index (χ4v) is 3.68. The molecule has 0 atom stereocenters. The molecule has 1 saturated heterocycles. The number of morpholine rings is 1. The number of ether oxygens (including phenoxy) is 1. The van der Waals surface area contributed by atoms with E-state index >= 15 is 0 Å². The van der Waals surface area contributed by atoms with Gasteiger partial charge in [0.05, 0.1) is 30.7 Å². The topological polar surface area (TPSA) is 87.0 Å². The minimum Gasteiger partial charge on any atom is -0.378 e. The summed E-state index contributed by atoms with van der Waals surface area (Å²) in [5.41, 5.74) is 3.92. The summed E-state index contributed by atoms with van der Waals surface area (Å²) in [6.07, 6.45) is 5.13. The standard InChI is InChI=1S/C24H20N6O/c25-14-20-16-27-24(28-21-3-5-22(6-4-21)30-9-11-31-12-10-30)29-23(20)18-2-1-17-7-8-26-15-19(17)13-18/h1-8,13,15-16H,9-12H2,(H,27,28,29). The highest BCUT2D eigenvalue weighted by Gasteiger charge is 2.13.